The van der Waals surface area contributed by atoms with Gasteiger partial charge in [0.2, 0.25) is 0 Å². The summed E-state index contributed by atoms with van der Waals surface area (Å²) in [6, 6.07) is 13.9. The molecule has 0 aromatic heterocycles. The van der Waals surface area contributed by atoms with Crippen LogP contribution in [0.25, 0.3) is 6.08 Å². The molecule has 0 aliphatic carbocycles. The normalized spacial score (nSPS) is 15.8. The molecule has 24 heavy (non-hydrogen) atoms. The third kappa shape index (κ3) is 2.84. The van der Waals surface area contributed by atoms with Crippen molar-refractivity contribution < 1.29 is 14.7 Å². The Labute approximate surface area is 139 Å². The lowest BCUT2D eigenvalue weighted by Gasteiger charge is -2.14. The Morgan fingerprint density at radius 2 is 1.75 bits per heavy atom. The first-order valence-electron chi connectivity index (χ1n) is 7.48. The van der Waals surface area contributed by atoms with Gasteiger partial charge in [-0.2, -0.15) is 10.1 Å². The second-order valence-corrected chi connectivity index (χ2v) is 5.57. The van der Waals surface area contributed by atoms with Gasteiger partial charge in [-0.05, 0) is 49.2 Å². The highest BCUT2D eigenvalue weighted by Gasteiger charge is 2.29. The monoisotopic (exact) mass is 320 g/mol. The number of aryl methyl sites for hydroxylation is 1. The summed E-state index contributed by atoms with van der Waals surface area (Å²) in [5.41, 5.74) is 3.82. The number of hydrogen-bond donors (Lipinski definition) is 1. The number of carbonyl (C=O) groups excluding carboxylic acids is 1. The van der Waals surface area contributed by atoms with E-state index in [1.165, 1.54) is 17.1 Å². The van der Waals surface area contributed by atoms with Gasteiger partial charge in [0, 0.05) is 0 Å². The lowest BCUT2D eigenvalue weighted by atomic mass is 10.1. The first-order valence-corrected chi connectivity index (χ1v) is 7.48. The Morgan fingerprint density at radius 1 is 1.08 bits per heavy atom. The first-order chi connectivity index (χ1) is 11.5. The van der Waals surface area contributed by atoms with Crippen molar-refractivity contribution in [3.8, 4) is 0 Å². The van der Waals surface area contributed by atoms with Crippen LogP contribution in [0.4, 0.5) is 5.69 Å². The maximum Gasteiger partial charge on any atom is 0.335 e. The number of amides is 1. The minimum absolute atomic E-state index is 0.191. The van der Waals surface area contributed by atoms with Crippen molar-refractivity contribution in [1.82, 2.24) is 0 Å². The van der Waals surface area contributed by atoms with Crippen molar-refractivity contribution in [2.45, 2.75) is 13.8 Å². The zero-order valence-electron chi connectivity index (χ0n) is 13.4. The second kappa shape index (κ2) is 6.12. The summed E-state index contributed by atoms with van der Waals surface area (Å²) < 4.78 is 0. The summed E-state index contributed by atoms with van der Waals surface area (Å²) in [4.78, 5) is 23.6. The zero-order valence-corrected chi connectivity index (χ0v) is 13.4. The molecule has 5 heteroatoms. The van der Waals surface area contributed by atoms with Crippen molar-refractivity contribution in [1.29, 1.82) is 0 Å². The van der Waals surface area contributed by atoms with Crippen molar-refractivity contribution in [3.05, 3.63) is 70.8 Å². The molecule has 1 aliphatic rings. The Bertz CT molecular complexity index is 880. The maximum absolute atomic E-state index is 12.7. The summed E-state index contributed by atoms with van der Waals surface area (Å²) in [5.74, 6) is -1.17. The molecule has 0 saturated heterocycles. The van der Waals surface area contributed by atoms with E-state index in [-0.39, 0.29) is 11.5 Å². The number of carbonyl (C=O) groups is 2. The van der Waals surface area contributed by atoms with E-state index < -0.39 is 5.97 Å². The molecule has 2 aromatic carbocycles. The number of rotatable bonds is 3. The molecule has 0 unspecified atom stereocenters. The Kier molecular flexibility index (Phi) is 4.00. The predicted molar refractivity (Wildman–Crippen MR) is 93.2 cm³/mol. The van der Waals surface area contributed by atoms with Gasteiger partial charge in [-0.15, -0.1) is 0 Å². The Hall–Kier alpha value is -3.21. The largest absolute Gasteiger partial charge is 0.478 e. The molecule has 0 spiro atoms. The summed E-state index contributed by atoms with van der Waals surface area (Å²) in [7, 11) is 0. The molecule has 0 fully saturated rings. The number of nitrogens with zero attached hydrogens (tertiary/aromatic N) is 2. The number of hydrazone groups is 1. The topological polar surface area (TPSA) is 70.0 Å². The Morgan fingerprint density at radius 3 is 2.38 bits per heavy atom. The van der Waals surface area contributed by atoms with Crippen LogP contribution >= 0.6 is 0 Å². The van der Waals surface area contributed by atoms with E-state index >= 15 is 0 Å². The summed E-state index contributed by atoms with van der Waals surface area (Å²) in [5, 5.41) is 14.7. The van der Waals surface area contributed by atoms with Gasteiger partial charge in [-0.1, -0.05) is 30.3 Å². The molecule has 120 valence electrons. The van der Waals surface area contributed by atoms with E-state index in [9.17, 15) is 9.59 Å². The van der Waals surface area contributed by atoms with Crippen LogP contribution in [0.3, 0.4) is 0 Å². The highest BCUT2D eigenvalue weighted by molar-refractivity contribution is 6.32. The molecule has 3 rings (SSSR count). The van der Waals surface area contributed by atoms with Crippen molar-refractivity contribution in [3.63, 3.8) is 0 Å². The number of benzene rings is 2. The minimum Gasteiger partial charge on any atom is -0.478 e. The number of aromatic carboxylic acids is 1. The summed E-state index contributed by atoms with van der Waals surface area (Å²) >= 11 is 0. The minimum atomic E-state index is -0.977. The van der Waals surface area contributed by atoms with Crippen LogP contribution in [0, 0.1) is 6.92 Å². The van der Waals surface area contributed by atoms with Gasteiger partial charge >= 0.3 is 5.97 Å². The first kappa shape index (κ1) is 15.7. The quantitative estimate of drug-likeness (QED) is 0.880. The SMILES string of the molecule is CC1=NN(c2ccccc2C)C(=O)C1=Cc1ccc(C(=O)O)cc1. The van der Waals surface area contributed by atoms with Crippen LogP contribution in [0.2, 0.25) is 0 Å². The number of anilines is 1. The van der Waals surface area contributed by atoms with E-state index in [0.717, 1.165) is 16.8 Å². The van der Waals surface area contributed by atoms with E-state index in [1.807, 2.05) is 31.2 Å². The lowest BCUT2D eigenvalue weighted by Crippen LogP contribution is -2.22. The molecule has 1 N–H and O–H groups in total. The summed E-state index contributed by atoms with van der Waals surface area (Å²) in [6.45, 7) is 3.72. The van der Waals surface area contributed by atoms with Gasteiger partial charge in [0.05, 0.1) is 22.5 Å². The fourth-order valence-electron chi connectivity index (χ4n) is 2.54. The van der Waals surface area contributed by atoms with Crippen LogP contribution < -0.4 is 5.01 Å². The van der Waals surface area contributed by atoms with Gasteiger partial charge < -0.3 is 5.11 Å². The lowest BCUT2D eigenvalue weighted by molar-refractivity contribution is -0.114. The average molecular weight is 320 g/mol. The molecular formula is C19H16N2O3. The second-order valence-electron chi connectivity index (χ2n) is 5.57. The van der Waals surface area contributed by atoms with Gasteiger partial charge in [-0.3, -0.25) is 4.79 Å². The highest BCUT2D eigenvalue weighted by atomic mass is 16.4. The number of hydrogen-bond acceptors (Lipinski definition) is 3. The molecule has 0 radical (unpaired) electrons. The van der Waals surface area contributed by atoms with Crippen molar-refractivity contribution in [2.75, 3.05) is 5.01 Å². The fourth-order valence-corrected chi connectivity index (χ4v) is 2.54. The zero-order chi connectivity index (χ0) is 17.3. The van der Waals surface area contributed by atoms with Crippen LogP contribution in [0.15, 0.2) is 59.2 Å². The van der Waals surface area contributed by atoms with Crippen LogP contribution in [0.1, 0.15) is 28.4 Å². The summed E-state index contributed by atoms with van der Waals surface area (Å²) in [6.07, 6.45) is 1.73. The molecule has 2 aromatic rings. The van der Waals surface area contributed by atoms with Gasteiger partial charge in [0.15, 0.2) is 0 Å². The van der Waals surface area contributed by atoms with Crippen molar-refractivity contribution >= 4 is 29.4 Å². The average Bonchev–Trinajstić information content (AvgIpc) is 2.84. The maximum atomic E-state index is 12.7. The number of carboxylic acids is 1. The van der Waals surface area contributed by atoms with Crippen LogP contribution in [0.5, 0.6) is 0 Å². The fraction of sp³-hybridized carbons (Fsp3) is 0.105. The number of carboxylic acid groups (broad SMARTS) is 1. The predicted octanol–water partition coefficient (Wildman–Crippen LogP) is 3.50. The number of para-hydroxylation sites is 1. The third-order valence-electron chi connectivity index (χ3n) is 3.87. The molecule has 0 saturated carbocycles. The standard InChI is InChI=1S/C19H16N2O3/c1-12-5-3-4-6-17(12)21-18(22)16(13(2)20-21)11-14-7-9-15(10-8-14)19(23)24/h3-11H,1-2H3,(H,23,24). The smallest absolute Gasteiger partial charge is 0.335 e. The Balaban J connectivity index is 1.93. The molecule has 1 aliphatic heterocycles. The van der Waals surface area contributed by atoms with Gasteiger partial charge in [0.1, 0.15) is 0 Å². The van der Waals surface area contributed by atoms with Gasteiger partial charge in [-0.25, -0.2) is 4.79 Å². The molecule has 1 heterocycles. The van der Waals surface area contributed by atoms with E-state index in [1.54, 1.807) is 25.1 Å². The van der Waals surface area contributed by atoms with Crippen molar-refractivity contribution in [2.24, 2.45) is 5.10 Å². The molecule has 0 bridgehead atoms. The molecular weight excluding hydrogens is 304 g/mol. The van der Waals surface area contributed by atoms with Crippen LogP contribution in [-0.4, -0.2) is 22.7 Å². The molecule has 0 atom stereocenters. The van der Waals surface area contributed by atoms with Crippen LogP contribution in [-0.2, 0) is 4.79 Å². The van der Waals surface area contributed by atoms with E-state index in [0.29, 0.717) is 11.3 Å². The molecule has 1 amide bonds. The third-order valence-corrected chi connectivity index (χ3v) is 3.87. The molecule has 5 nitrogen and oxygen atoms in total. The van der Waals surface area contributed by atoms with Gasteiger partial charge in [0.25, 0.3) is 5.91 Å². The van der Waals surface area contributed by atoms with E-state index in [4.69, 9.17) is 5.11 Å². The highest BCUT2D eigenvalue weighted by Crippen LogP contribution is 2.27. The van der Waals surface area contributed by atoms with E-state index in [2.05, 4.69) is 5.10 Å².